The van der Waals surface area contributed by atoms with Crippen molar-refractivity contribution in [3.8, 4) is 11.1 Å². The van der Waals surface area contributed by atoms with Gasteiger partial charge in [-0.05, 0) is 28.2 Å². The summed E-state index contributed by atoms with van der Waals surface area (Å²) in [5.41, 5.74) is 4.50. The molecule has 0 bridgehead atoms. The molecule has 3 atom stereocenters. The number of hydrogen-bond acceptors (Lipinski definition) is 5. The highest BCUT2D eigenvalue weighted by atomic mass is 16.5. The van der Waals surface area contributed by atoms with Gasteiger partial charge < -0.3 is 25.2 Å². The minimum atomic E-state index is -1.10. The van der Waals surface area contributed by atoms with Gasteiger partial charge in [0.25, 0.3) is 0 Å². The van der Waals surface area contributed by atoms with E-state index >= 15 is 0 Å². The van der Waals surface area contributed by atoms with Gasteiger partial charge in [0.15, 0.2) is 0 Å². The van der Waals surface area contributed by atoms with Gasteiger partial charge in [-0.3, -0.25) is 4.79 Å². The Kier molecular flexibility index (Phi) is 6.65. The molecule has 4 rings (SSSR count). The lowest BCUT2D eigenvalue weighted by Crippen LogP contribution is -2.51. The molecule has 1 fully saturated rings. The summed E-state index contributed by atoms with van der Waals surface area (Å²) in [6, 6.07) is 14.5. The average Bonchev–Trinajstić information content (AvgIpc) is 3.38. The third-order valence-electron chi connectivity index (χ3n) is 6.29. The smallest absolute Gasteiger partial charge is 0.407 e. The van der Waals surface area contributed by atoms with Crippen molar-refractivity contribution in [1.82, 2.24) is 10.6 Å². The predicted octanol–water partition coefficient (Wildman–Crippen LogP) is 2.77. The van der Waals surface area contributed by atoms with Crippen molar-refractivity contribution in [2.75, 3.05) is 19.8 Å². The van der Waals surface area contributed by atoms with Gasteiger partial charge in [-0.1, -0.05) is 62.4 Å². The molecule has 2 aromatic rings. The summed E-state index contributed by atoms with van der Waals surface area (Å²) in [7, 11) is 0. The molecule has 1 aliphatic carbocycles. The fourth-order valence-corrected chi connectivity index (χ4v) is 4.52. The molecule has 1 aliphatic heterocycles. The van der Waals surface area contributed by atoms with Crippen LogP contribution in [0.2, 0.25) is 0 Å². The van der Waals surface area contributed by atoms with Crippen molar-refractivity contribution in [1.29, 1.82) is 0 Å². The topological polar surface area (TPSA) is 114 Å². The molecule has 0 aromatic heterocycles. The molecule has 33 heavy (non-hydrogen) atoms. The van der Waals surface area contributed by atoms with E-state index < -0.39 is 36.0 Å². The van der Waals surface area contributed by atoms with Crippen LogP contribution in [0.25, 0.3) is 11.1 Å². The number of aliphatic carboxylic acids is 1. The van der Waals surface area contributed by atoms with E-state index in [1.807, 2.05) is 36.4 Å². The highest BCUT2D eigenvalue weighted by Gasteiger charge is 2.38. The van der Waals surface area contributed by atoms with Gasteiger partial charge >= 0.3 is 12.1 Å². The molecule has 1 heterocycles. The minimum Gasteiger partial charge on any atom is -0.480 e. The first-order chi connectivity index (χ1) is 15.9. The molecule has 3 N–H and O–H groups in total. The predicted molar refractivity (Wildman–Crippen MR) is 121 cm³/mol. The number of amides is 2. The Morgan fingerprint density at radius 2 is 1.64 bits per heavy atom. The Hall–Kier alpha value is -3.39. The second-order valence-electron chi connectivity index (χ2n) is 8.79. The summed E-state index contributed by atoms with van der Waals surface area (Å²) in [5, 5.41) is 14.6. The monoisotopic (exact) mass is 452 g/mol. The van der Waals surface area contributed by atoms with Gasteiger partial charge in [-0.2, -0.15) is 0 Å². The molecule has 174 valence electrons. The molecule has 2 aliphatic rings. The standard InChI is InChI=1S/C25H28N2O6/c1-14(2)22(24(29)30)27-23(28)20-11-32-13-21(20)26-25(31)33-12-19-17-9-5-3-7-15(17)16-8-4-6-10-18(16)19/h3-10,14,19-22H,11-13H2,1-2H3,(H,26,31)(H,27,28)(H,29,30)/t20?,21?,22-/m0/s1. The summed E-state index contributed by atoms with van der Waals surface area (Å²) >= 11 is 0. The third kappa shape index (κ3) is 4.71. The number of carboxylic acids is 1. The Labute approximate surface area is 192 Å². The van der Waals surface area contributed by atoms with Crippen LogP contribution in [-0.2, 0) is 19.1 Å². The number of rotatable bonds is 7. The SMILES string of the molecule is CC(C)[C@H](NC(=O)C1COCC1NC(=O)OCC1c2ccccc2-c2ccccc21)C(=O)O. The lowest BCUT2D eigenvalue weighted by Gasteiger charge is -2.23. The second kappa shape index (κ2) is 9.62. The van der Waals surface area contributed by atoms with Gasteiger partial charge in [0.2, 0.25) is 5.91 Å². The van der Waals surface area contributed by atoms with Crippen LogP contribution in [0.1, 0.15) is 30.9 Å². The summed E-state index contributed by atoms with van der Waals surface area (Å²) < 4.78 is 10.9. The summed E-state index contributed by atoms with van der Waals surface area (Å²) in [5.74, 6) is -2.59. The van der Waals surface area contributed by atoms with E-state index in [1.54, 1.807) is 13.8 Å². The van der Waals surface area contributed by atoms with E-state index in [9.17, 15) is 19.5 Å². The zero-order valence-corrected chi connectivity index (χ0v) is 18.6. The fraction of sp³-hybridized carbons (Fsp3) is 0.400. The van der Waals surface area contributed by atoms with Gasteiger partial charge in [0.05, 0.1) is 25.2 Å². The van der Waals surface area contributed by atoms with Gasteiger partial charge in [-0.15, -0.1) is 0 Å². The van der Waals surface area contributed by atoms with E-state index in [2.05, 4.69) is 22.8 Å². The van der Waals surface area contributed by atoms with Crippen molar-refractivity contribution in [3.05, 3.63) is 59.7 Å². The Bertz CT molecular complexity index is 1010. The van der Waals surface area contributed by atoms with Crippen LogP contribution in [0.15, 0.2) is 48.5 Å². The molecule has 0 saturated carbocycles. The van der Waals surface area contributed by atoms with Crippen molar-refractivity contribution in [2.24, 2.45) is 11.8 Å². The highest BCUT2D eigenvalue weighted by Crippen LogP contribution is 2.44. The van der Waals surface area contributed by atoms with Crippen LogP contribution >= 0.6 is 0 Å². The Morgan fingerprint density at radius 3 is 2.21 bits per heavy atom. The quantitative estimate of drug-likeness (QED) is 0.595. The second-order valence-corrected chi connectivity index (χ2v) is 8.79. The van der Waals surface area contributed by atoms with Crippen LogP contribution < -0.4 is 10.6 Å². The number of hydrogen-bond donors (Lipinski definition) is 3. The molecule has 2 aromatic carbocycles. The van der Waals surface area contributed by atoms with Crippen LogP contribution in [-0.4, -0.2) is 55.0 Å². The number of carboxylic acid groups (broad SMARTS) is 1. The molecule has 0 radical (unpaired) electrons. The molecular formula is C25H28N2O6. The van der Waals surface area contributed by atoms with Crippen molar-refractivity contribution < 1.29 is 29.0 Å². The van der Waals surface area contributed by atoms with Crippen molar-refractivity contribution >= 4 is 18.0 Å². The summed E-state index contributed by atoms with van der Waals surface area (Å²) in [6.45, 7) is 3.86. The number of carbonyl (C=O) groups excluding carboxylic acids is 2. The number of ether oxygens (including phenoxy) is 2. The number of alkyl carbamates (subject to hydrolysis) is 1. The number of benzene rings is 2. The zero-order chi connectivity index (χ0) is 23.5. The Balaban J connectivity index is 1.37. The van der Waals surface area contributed by atoms with E-state index in [0.717, 1.165) is 22.3 Å². The molecule has 1 saturated heterocycles. The number of nitrogens with one attached hydrogen (secondary N) is 2. The lowest BCUT2D eigenvalue weighted by molar-refractivity contribution is -0.143. The molecule has 2 amide bonds. The maximum absolute atomic E-state index is 12.7. The minimum absolute atomic E-state index is 0.0653. The maximum Gasteiger partial charge on any atom is 0.407 e. The summed E-state index contributed by atoms with van der Waals surface area (Å²) in [4.78, 5) is 36.6. The van der Waals surface area contributed by atoms with Gasteiger partial charge in [0, 0.05) is 5.92 Å². The normalized spacial score (nSPS) is 20.1. The van der Waals surface area contributed by atoms with Crippen LogP contribution in [0, 0.1) is 11.8 Å². The van der Waals surface area contributed by atoms with Crippen molar-refractivity contribution in [3.63, 3.8) is 0 Å². The van der Waals surface area contributed by atoms with E-state index in [0.29, 0.717) is 0 Å². The fourth-order valence-electron chi connectivity index (χ4n) is 4.52. The first kappa shape index (κ1) is 22.8. The first-order valence-corrected chi connectivity index (χ1v) is 11.1. The Morgan fingerprint density at radius 1 is 1.03 bits per heavy atom. The summed E-state index contributed by atoms with van der Waals surface area (Å²) in [6.07, 6.45) is -0.635. The molecule has 2 unspecified atom stereocenters. The number of fused-ring (bicyclic) bond motifs is 3. The van der Waals surface area contributed by atoms with E-state index in [4.69, 9.17) is 9.47 Å². The lowest BCUT2D eigenvalue weighted by atomic mass is 9.98. The van der Waals surface area contributed by atoms with Crippen LogP contribution in [0.5, 0.6) is 0 Å². The van der Waals surface area contributed by atoms with Gasteiger partial charge in [-0.25, -0.2) is 9.59 Å². The average molecular weight is 453 g/mol. The first-order valence-electron chi connectivity index (χ1n) is 11.1. The number of carbonyl (C=O) groups is 3. The third-order valence-corrected chi connectivity index (χ3v) is 6.29. The molecular weight excluding hydrogens is 424 g/mol. The largest absolute Gasteiger partial charge is 0.480 e. The highest BCUT2D eigenvalue weighted by molar-refractivity contribution is 5.86. The van der Waals surface area contributed by atoms with Gasteiger partial charge in [0.1, 0.15) is 12.6 Å². The van der Waals surface area contributed by atoms with Crippen LogP contribution in [0.3, 0.4) is 0 Å². The molecule has 8 nitrogen and oxygen atoms in total. The van der Waals surface area contributed by atoms with Crippen molar-refractivity contribution in [2.45, 2.75) is 31.8 Å². The maximum atomic E-state index is 12.7. The van der Waals surface area contributed by atoms with E-state index in [1.165, 1.54) is 0 Å². The zero-order valence-electron chi connectivity index (χ0n) is 18.6. The van der Waals surface area contributed by atoms with E-state index in [-0.39, 0.29) is 31.7 Å². The molecule has 0 spiro atoms. The van der Waals surface area contributed by atoms with Crippen LogP contribution in [0.4, 0.5) is 4.79 Å². The molecule has 8 heteroatoms.